The van der Waals surface area contributed by atoms with Gasteiger partial charge in [0.2, 0.25) is 0 Å². The monoisotopic (exact) mass is 267 g/mol. The Labute approximate surface area is 120 Å². The fourth-order valence-electron chi connectivity index (χ4n) is 1.37. The van der Waals surface area contributed by atoms with Crippen molar-refractivity contribution in [2.24, 2.45) is 0 Å². The minimum atomic E-state index is -0.0959. The zero-order valence-corrected chi connectivity index (χ0v) is 13.0. The van der Waals surface area contributed by atoms with E-state index in [2.05, 4.69) is 33.0 Å². The predicted octanol–water partition coefficient (Wildman–Crippen LogP) is 4.89. The lowest BCUT2D eigenvalue weighted by Gasteiger charge is -2.20. The molecule has 0 saturated carbocycles. The van der Waals surface area contributed by atoms with Crippen molar-refractivity contribution in [2.45, 2.75) is 67.0 Å². The third-order valence-electron chi connectivity index (χ3n) is 1.87. The largest absolute Gasteiger partial charge is 0.488 e. The standard InChI is InChI=1S/C10H14O.C6H15N.CH4/c1-10(2,3)11-9-7-5-4-6-8-9;1-5-7-6(2,3)4;/h4-8H,1-3H3;7H,5H2,1-4H3;1H4. The van der Waals surface area contributed by atoms with E-state index in [-0.39, 0.29) is 13.0 Å². The van der Waals surface area contributed by atoms with Gasteiger partial charge in [0.15, 0.2) is 0 Å². The minimum Gasteiger partial charge on any atom is -0.488 e. The number of rotatable bonds is 2. The van der Waals surface area contributed by atoms with Crippen LogP contribution in [-0.4, -0.2) is 17.7 Å². The maximum atomic E-state index is 5.60. The fourth-order valence-corrected chi connectivity index (χ4v) is 1.37. The first-order chi connectivity index (χ1) is 8.14. The second-order valence-corrected chi connectivity index (χ2v) is 6.31. The van der Waals surface area contributed by atoms with E-state index in [4.69, 9.17) is 4.74 Å². The second-order valence-electron chi connectivity index (χ2n) is 6.31. The van der Waals surface area contributed by atoms with E-state index in [1.807, 2.05) is 51.1 Å². The Morgan fingerprint density at radius 3 is 1.68 bits per heavy atom. The van der Waals surface area contributed by atoms with Crippen LogP contribution in [0.2, 0.25) is 0 Å². The van der Waals surface area contributed by atoms with Crippen LogP contribution in [0.25, 0.3) is 0 Å². The zero-order valence-electron chi connectivity index (χ0n) is 13.0. The van der Waals surface area contributed by atoms with Crippen molar-refractivity contribution in [1.82, 2.24) is 5.32 Å². The third kappa shape index (κ3) is 14.9. The lowest BCUT2D eigenvalue weighted by atomic mass is 10.1. The molecule has 2 nitrogen and oxygen atoms in total. The lowest BCUT2D eigenvalue weighted by Crippen LogP contribution is -2.35. The maximum Gasteiger partial charge on any atom is 0.120 e. The van der Waals surface area contributed by atoms with Crippen molar-refractivity contribution in [3.8, 4) is 5.75 Å². The van der Waals surface area contributed by atoms with Gasteiger partial charge in [-0.15, -0.1) is 0 Å². The second kappa shape index (κ2) is 8.98. The number of ether oxygens (including phenoxy) is 1. The van der Waals surface area contributed by atoms with Crippen molar-refractivity contribution < 1.29 is 4.74 Å². The summed E-state index contributed by atoms with van der Waals surface area (Å²) >= 11 is 0. The number of hydrogen-bond acceptors (Lipinski definition) is 2. The highest BCUT2D eigenvalue weighted by molar-refractivity contribution is 5.21. The van der Waals surface area contributed by atoms with Crippen LogP contribution in [0.3, 0.4) is 0 Å². The molecular formula is C17H33NO. The normalized spacial score (nSPS) is 10.9. The summed E-state index contributed by atoms with van der Waals surface area (Å²) in [5, 5.41) is 3.28. The third-order valence-corrected chi connectivity index (χ3v) is 1.87. The summed E-state index contributed by atoms with van der Waals surface area (Å²) in [6.45, 7) is 15.8. The molecule has 0 aliphatic carbocycles. The van der Waals surface area contributed by atoms with Gasteiger partial charge in [-0.3, -0.25) is 0 Å². The minimum absolute atomic E-state index is 0. The van der Waals surface area contributed by atoms with E-state index in [1.165, 1.54) is 0 Å². The summed E-state index contributed by atoms with van der Waals surface area (Å²) in [4.78, 5) is 0. The molecule has 1 N–H and O–H groups in total. The van der Waals surface area contributed by atoms with E-state index >= 15 is 0 Å². The predicted molar refractivity (Wildman–Crippen MR) is 87.0 cm³/mol. The molecule has 19 heavy (non-hydrogen) atoms. The Kier molecular flexibility index (Phi) is 9.59. The van der Waals surface area contributed by atoms with Crippen LogP contribution >= 0.6 is 0 Å². The topological polar surface area (TPSA) is 21.3 Å². The van der Waals surface area contributed by atoms with Crippen molar-refractivity contribution in [3.05, 3.63) is 30.3 Å². The van der Waals surface area contributed by atoms with Crippen molar-refractivity contribution in [2.75, 3.05) is 6.54 Å². The molecule has 0 aliphatic rings. The van der Waals surface area contributed by atoms with Crippen LogP contribution in [0.15, 0.2) is 30.3 Å². The van der Waals surface area contributed by atoms with Crippen LogP contribution in [0, 0.1) is 0 Å². The quantitative estimate of drug-likeness (QED) is 0.823. The van der Waals surface area contributed by atoms with Crippen molar-refractivity contribution >= 4 is 0 Å². The molecule has 0 spiro atoms. The molecule has 1 aromatic rings. The van der Waals surface area contributed by atoms with Gasteiger partial charge in [-0.05, 0) is 60.2 Å². The van der Waals surface area contributed by atoms with E-state index in [9.17, 15) is 0 Å². The van der Waals surface area contributed by atoms with Gasteiger partial charge in [0.05, 0.1) is 0 Å². The number of benzene rings is 1. The average molecular weight is 267 g/mol. The molecule has 0 radical (unpaired) electrons. The summed E-state index contributed by atoms with van der Waals surface area (Å²) in [6.07, 6.45) is 0. The first-order valence-corrected chi connectivity index (χ1v) is 6.63. The first kappa shape index (κ1) is 20.3. The van der Waals surface area contributed by atoms with Gasteiger partial charge in [-0.25, -0.2) is 0 Å². The maximum absolute atomic E-state index is 5.60. The summed E-state index contributed by atoms with van der Waals surface area (Å²) in [6, 6.07) is 9.86. The highest BCUT2D eigenvalue weighted by Gasteiger charge is 2.10. The highest BCUT2D eigenvalue weighted by atomic mass is 16.5. The van der Waals surface area contributed by atoms with Crippen LogP contribution in [0.5, 0.6) is 5.75 Å². The van der Waals surface area contributed by atoms with Gasteiger partial charge in [-0.1, -0.05) is 32.5 Å². The lowest BCUT2D eigenvalue weighted by molar-refractivity contribution is 0.131. The van der Waals surface area contributed by atoms with Gasteiger partial charge in [0.1, 0.15) is 11.4 Å². The van der Waals surface area contributed by atoms with E-state index in [0.717, 1.165) is 12.3 Å². The Morgan fingerprint density at radius 1 is 0.947 bits per heavy atom. The first-order valence-electron chi connectivity index (χ1n) is 6.63. The molecule has 1 rings (SSSR count). The van der Waals surface area contributed by atoms with Gasteiger partial charge >= 0.3 is 0 Å². The molecule has 112 valence electrons. The summed E-state index contributed by atoms with van der Waals surface area (Å²) in [7, 11) is 0. The average Bonchev–Trinajstić information content (AvgIpc) is 2.15. The summed E-state index contributed by atoms with van der Waals surface area (Å²) < 4.78 is 5.60. The molecule has 0 saturated heterocycles. The van der Waals surface area contributed by atoms with E-state index in [0.29, 0.717) is 5.54 Å². The molecule has 0 unspecified atom stereocenters. The van der Waals surface area contributed by atoms with Gasteiger partial charge < -0.3 is 10.1 Å². The molecule has 1 aromatic carbocycles. The molecule has 0 bridgehead atoms. The molecule has 2 heteroatoms. The van der Waals surface area contributed by atoms with E-state index < -0.39 is 0 Å². The Bertz CT molecular complexity index is 306. The molecular weight excluding hydrogens is 234 g/mol. The highest BCUT2D eigenvalue weighted by Crippen LogP contribution is 2.16. The van der Waals surface area contributed by atoms with Crippen LogP contribution in [0.1, 0.15) is 55.9 Å². The fraction of sp³-hybridized carbons (Fsp3) is 0.647. The van der Waals surface area contributed by atoms with Crippen LogP contribution < -0.4 is 10.1 Å². The summed E-state index contributed by atoms with van der Waals surface area (Å²) in [5.74, 6) is 0.931. The van der Waals surface area contributed by atoms with Crippen molar-refractivity contribution in [1.29, 1.82) is 0 Å². The zero-order chi connectivity index (χ0) is 14.2. The smallest absolute Gasteiger partial charge is 0.120 e. The van der Waals surface area contributed by atoms with Crippen LogP contribution in [0.4, 0.5) is 0 Å². The number of hydrogen-bond donors (Lipinski definition) is 1. The Morgan fingerprint density at radius 2 is 1.42 bits per heavy atom. The Balaban J connectivity index is 0. The number of para-hydroxylation sites is 1. The molecule has 0 aromatic heterocycles. The number of nitrogens with one attached hydrogen (secondary N) is 1. The molecule has 0 heterocycles. The Hall–Kier alpha value is -1.02. The molecule has 0 aliphatic heterocycles. The molecule has 0 amide bonds. The molecule has 0 fully saturated rings. The summed E-state index contributed by atoms with van der Waals surface area (Å²) in [5.41, 5.74) is 0.204. The van der Waals surface area contributed by atoms with Crippen LogP contribution in [-0.2, 0) is 0 Å². The van der Waals surface area contributed by atoms with E-state index in [1.54, 1.807) is 0 Å². The van der Waals surface area contributed by atoms with Gasteiger partial charge in [0.25, 0.3) is 0 Å². The molecule has 0 atom stereocenters. The van der Waals surface area contributed by atoms with Gasteiger partial charge in [-0.2, -0.15) is 0 Å². The SMILES string of the molecule is C.CC(C)(C)Oc1ccccc1.CCNC(C)(C)C. The van der Waals surface area contributed by atoms with Crippen molar-refractivity contribution in [3.63, 3.8) is 0 Å². The van der Waals surface area contributed by atoms with Gasteiger partial charge in [0, 0.05) is 5.54 Å².